The van der Waals surface area contributed by atoms with E-state index in [1.807, 2.05) is 45.0 Å². The zero-order valence-electron chi connectivity index (χ0n) is 16.3. The predicted octanol–water partition coefficient (Wildman–Crippen LogP) is 3.68. The van der Waals surface area contributed by atoms with Crippen LogP contribution >= 0.6 is 12.2 Å². The molecule has 26 heavy (non-hydrogen) atoms. The number of unbranched alkanes of at least 4 members (excludes halogenated alkanes) is 2. The lowest BCUT2D eigenvalue weighted by atomic mass is 10.0. The maximum Gasteiger partial charge on any atom is 0.238 e. The molecule has 1 amide bonds. The van der Waals surface area contributed by atoms with Crippen molar-refractivity contribution in [2.24, 2.45) is 0 Å². The maximum atomic E-state index is 12.2. The Morgan fingerprint density at radius 1 is 1.00 bits per heavy atom. The van der Waals surface area contributed by atoms with Crippen LogP contribution in [-0.4, -0.2) is 22.3 Å². The van der Waals surface area contributed by atoms with Crippen molar-refractivity contribution in [2.75, 3.05) is 0 Å². The average Bonchev–Trinajstić information content (AvgIpc) is 2.57. The third kappa shape index (κ3) is 9.51. The molecule has 0 aliphatic heterocycles. The van der Waals surface area contributed by atoms with Gasteiger partial charge < -0.3 is 5.32 Å². The van der Waals surface area contributed by atoms with Crippen molar-refractivity contribution in [1.82, 2.24) is 16.2 Å². The maximum absolute atomic E-state index is 12.2. The topological polar surface area (TPSA) is 70.2 Å². The summed E-state index contributed by atoms with van der Waals surface area (Å²) in [6.07, 6.45) is 4.91. The van der Waals surface area contributed by atoms with Crippen LogP contribution in [0.5, 0.6) is 0 Å². The van der Waals surface area contributed by atoms with Crippen molar-refractivity contribution in [2.45, 2.75) is 71.8 Å². The van der Waals surface area contributed by atoms with Crippen LogP contribution in [0.4, 0.5) is 0 Å². The molecule has 0 radical (unpaired) electrons. The minimum atomic E-state index is -0.271. The van der Waals surface area contributed by atoms with Crippen molar-refractivity contribution in [3.8, 4) is 0 Å². The van der Waals surface area contributed by atoms with Crippen LogP contribution in [0.15, 0.2) is 24.3 Å². The molecule has 0 bridgehead atoms. The first kappa shape index (κ1) is 22.1. The number of amides is 1. The summed E-state index contributed by atoms with van der Waals surface area (Å²) < 4.78 is 0. The van der Waals surface area contributed by atoms with Crippen LogP contribution in [0, 0.1) is 0 Å². The van der Waals surface area contributed by atoms with E-state index in [0.717, 1.165) is 6.42 Å². The number of thiocarbonyl (C=S) groups is 1. The van der Waals surface area contributed by atoms with E-state index in [4.69, 9.17) is 12.2 Å². The van der Waals surface area contributed by atoms with Crippen LogP contribution in [0.2, 0.25) is 0 Å². The van der Waals surface area contributed by atoms with Gasteiger partial charge in [0.1, 0.15) is 0 Å². The van der Waals surface area contributed by atoms with E-state index >= 15 is 0 Å². The Morgan fingerprint density at radius 2 is 1.65 bits per heavy atom. The van der Waals surface area contributed by atoms with Crippen LogP contribution in [0.25, 0.3) is 0 Å². The predicted molar refractivity (Wildman–Crippen MR) is 110 cm³/mol. The molecular weight excluding hydrogens is 346 g/mol. The van der Waals surface area contributed by atoms with Gasteiger partial charge >= 0.3 is 0 Å². The molecule has 144 valence electrons. The van der Waals surface area contributed by atoms with Crippen molar-refractivity contribution in [3.05, 3.63) is 35.4 Å². The van der Waals surface area contributed by atoms with Gasteiger partial charge in [-0.1, -0.05) is 44.0 Å². The zero-order chi connectivity index (χ0) is 19.6. The van der Waals surface area contributed by atoms with Gasteiger partial charge in [-0.2, -0.15) is 0 Å². The summed E-state index contributed by atoms with van der Waals surface area (Å²) in [6, 6.07) is 7.70. The Balaban J connectivity index is 2.34. The van der Waals surface area contributed by atoms with Gasteiger partial charge in [0, 0.05) is 23.9 Å². The molecule has 1 aromatic carbocycles. The van der Waals surface area contributed by atoms with E-state index in [1.54, 1.807) is 0 Å². The molecule has 6 heteroatoms. The third-order valence-corrected chi connectivity index (χ3v) is 3.93. The Bertz CT molecular complexity index is 606. The van der Waals surface area contributed by atoms with Crippen LogP contribution in [0.1, 0.15) is 75.7 Å². The second-order valence-electron chi connectivity index (χ2n) is 7.45. The molecule has 0 heterocycles. The summed E-state index contributed by atoms with van der Waals surface area (Å²) in [6.45, 7) is 8.09. The summed E-state index contributed by atoms with van der Waals surface area (Å²) in [5.41, 5.74) is 6.86. The number of aryl methyl sites for hydroxylation is 1. The first-order chi connectivity index (χ1) is 12.2. The number of hydrogen-bond acceptors (Lipinski definition) is 3. The highest BCUT2D eigenvalue weighted by molar-refractivity contribution is 7.80. The number of hydrogen-bond donors (Lipinski definition) is 3. The van der Waals surface area contributed by atoms with Gasteiger partial charge in [-0.25, -0.2) is 0 Å². The van der Waals surface area contributed by atoms with Crippen molar-refractivity contribution in [1.29, 1.82) is 0 Å². The summed E-state index contributed by atoms with van der Waals surface area (Å²) in [5, 5.41) is 3.37. The molecule has 0 saturated heterocycles. The van der Waals surface area contributed by atoms with Gasteiger partial charge in [0.25, 0.3) is 0 Å². The van der Waals surface area contributed by atoms with Crippen LogP contribution < -0.4 is 16.2 Å². The molecule has 0 spiro atoms. The molecule has 3 N–H and O–H groups in total. The normalized spacial score (nSPS) is 10.9. The number of carbonyl (C=O) groups is 2. The van der Waals surface area contributed by atoms with E-state index in [1.165, 1.54) is 24.8 Å². The lowest BCUT2D eigenvalue weighted by molar-refractivity contribution is -0.121. The number of carbonyl (C=O) groups excluding carboxylic acids is 2. The van der Waals surface area contributed by atoms with Crippen molar-refractivity contribution in [3.63, 3.8) is 0 Å². The Labute approximate surface area is 162 Å². The second kappa shape index (κ2) is 10.9. The molecular formula is C20H31N3O2S. The lowest BCUT2D eigenvalue weighted by Gasteiger charge is -2.23. The SMILES string of the molecule is CCCCCc1ccc(C(=O)CCC(=O)NNC(=S)NC(C)(C)C)cc1. The van der Waals surface area contributed by atoms with Gasteiger partial charge in [0.2, 0.25) is 5.91 Å². The minimum absolute atomic E-state index is 0.0318. The largest absolute Gasteiger partial charge is 0.357 e. The fourth-order valence-corrected chi connectivity index (χ4v) is 2.73. The Morgan fingerprint density at radius 3 is 2.23 bits per heavy atom. The van der Waals surface area contributed by atoms with Gasteiger partial charge in [0.15, 0.2) is 10.9 Å². The van der Waals surface area contributed by atoms with Gasteiger partial charge in [0.05, 0.1) is 0 Å². The molecule has 1 aromatic rings. The van der Waals surface area contributed by atoms with E-state index in [-0.39, 0.29) is 30.1 Å². The first-order valence-electron chi connectivity index (χ1n) is 9.20. The number of benzene rings is 1. The van der Waals surface area contributed by atoms with Gasteiger partial charge in [-0.05, 0) is 51.4 Å². The molecule has 0 aliphatic carbocycles. The smallest absolute Gasteiger partial charge is 0.238 e. The number of nitrogens with one attached hydrogen (secondary N) is 3. The van der Waals surface area contributed by atoms with Crippen LogP contribution in [-0.2, 0) is 11.2 Å². The second-order valence-corrected chi connectivity index (χ2v) is 7.86. The number of Topliss-reactive ketones (excluding diaryl/α,β-unsaturated/α-hetero) is 1. The summed E-state index contributed by atoms with van der Waals surface area (Å²) in [5.74, 6) is -0.303. The third-order valence-electron chi connectivity index (χ3n) is 3.73. The molecule has 0 atom stereocenters. The van der Waals surface area contributed by atoms with E-state index < -0.39 is 0 Å². The summed E-state index contributed by atoms with van der Waals surface area (Å²) >= 11 is 5.08. The number of rotatable bonds is 8. The molecule has 0 saturated carbocycles. The fourth-order valence-electron chi connectivity index (χ4n) is 2.37. The summed E-state index contributed by atoms with van der Waals surface area (Å²) in [7, 11) is 0. The molecule has 0 fully saturated rings. The quantitative estimate of drug-likeness (QED) is 0.279. The van der Waals surface area contributed by atoms with Gasteiger partial charge in [-0.3, -0.25) is 20.4 Å². The molecule has 1 rings (SSSR count). The fraction of sp³-hybridized carbons (Fsp3) is 0.550. The highest BCUT2D eigenvalue weighted by Crippen LogP contribution is 2.11. The van der Waals surface area contributed by atoms with E-state index in [2.05, 4.69) is 23.1 Å². The minimum Gasteiger partial charge on any atom is -0.357 e. The van der Waals surface area contributed by atoms with E-state index in [0.29, 0.717) is 10.7 Å². The summed E-state index contributed by atoms with van der Waals surface area (Å²) in [4.78, 5) is 24.0. The molecule has 5 nitrogen and oxygen atoms in total. The number of hydrazine groups is 1. The van der Waals surface area contributed by atoms with Gasteiger partial charge in [-0.15, -0.1) is 0 Å². The average molecular weight is 378 g/mol. The Hall–Kier alpha value is -1.95. The molecule has 0 aliphatic rings. The highest BCUT2D eigenvalue weighted by atomic mass is 32.1. The standard InChI is InChI=1S/C20H31N3O2S/c1-5-6-7-8-15-9-11-16(12-10-15)17(24)13-14-18(25)22-23-19(26)21-20(2,3)4/h9-12H,5-8,13-14H2,1-4H3,(H,22,25)(H2,21,23,26). The first-order valence-corrected chi connectivity index (χ1v) is 9.61. The molecule has 0 aromatic heterocycles. The van der Waals surface area contributed by atoms with E-state index in [9.17, 15) is 9.59 Å². The monoisotopic (exact) mass is 377 g/mol. The highest BCUT2D eigenvalue weighted by Gasteiger charge is 2.12. The zero-order valence-corrected chi connectivity index (χ0v) is 17.1. The van der Waals surface area contributed by atoms with Crippen molar-refractivity contribution < 1.29 is 9.59 Å². The van der Waals surface area contributed by atoms with Crippen LogP contribution in [0.3, 0.4) is 0 Å². The van der Waals surface area contributed by atoms with Crippen molar-refractivity contribution >= 4 is 29.0 Å². The Kier molecular flexibility index (Phi) is 9.27. The lowest BCUT2D eigenvalue weighted by Crippen LogP contribution is -2.52. The number of ketones is 1. The molecule has 0 unspecified atom stereocenters.